The third-order valence-corrected chi connectivity index (χ3v) is 5.04. The molecule has 26 heavy (non-hydrogen) atoms. The lowest BCUT2D eigenvalue weighted by atomic mass is 10.1. The Labute approximate surface area is 158 Å². The van der Waals surface area contributed by atoms with Gasteiger partial charge in [0.2, 0.25) is 0 Å². The maximum Gasteiger partial charge on any atom is 0.348 e. The minimum Gasteiger partial charge on any atom is -0.497 e. The number of esters is 1. The Kier molecular flexibility index (Phi) is 7.66. The van der Waals surface area contributed by atoms with Crippen LogP contribution in [0.15, 0.2) is 30.3 Å². The van der Waals surface area contributed by atoms with E-state index < -0.39 is 5.97 Å². The molecule has 2 aromatic rings. The second kappa shape index (κ2) is 9.97. The van der Waals surface area contributed by atoms with Crippen LogP contribution in [0.3, 0.4) is 0 Å². The largest absolute Gasteiger partial charge is 0.497 e. The molecule has 0 spiro atoms. The van der Waals surface area contributed by atoms with Crippen LogP contribution in [0.2, 0.25) is 0 Å². The molecule has 1 N–H and O–H groups in total. The van der Waals surface area contributed by atoms with Crippen molar-refractivity contribution in [2.45, 2.75) is 33.1 Å². The third-order valence-electron chi connectivity index (χ3n) is 3.97. The highest BCUT2D eigenvalue weighted by molar-refractivity contribution is 7.14. The summed E-state index contributed by atoms with van der Waals surface area (Å²) in [5.41, 5.74) is 2.27. The van der Waals surface area contributed by atoms with E-state index in [-0.39, 0.29) is 12.5 Å². The first-order valence-electron chi connectivity index (χ1n) is 8.69. The fraction of sp³-hybridized carbons (Fsp3) is 0.400. The molecule has 1 aromatic carbocycles. The second-order valence-corrected chi connectivity index (χ2v) is 7.22. The van der Waals surface area contributed by atoms with Crippen LogP contribution in [0.4, 0.5) is 0 Å². The van der Waals surface area contributed by atoms with E-state index in [1.54, 1.807) is 7.11 Å². The summed E-state index contributed by atoms with van der Waals surface area (Å²) in [6.45, 7) is 4.33. The van der Waals surface area contributed by atoms with E-state index in [2.05, 4.69) is 12.2 Å². The molecule has 5 nitrogen and oxygen atoms in total. The van der Waals surface area contributed by atoms with Crippen molar-refractivity contribution in [3.63, 3.8) is 0 Å². The summed E-state index contributed by atoms with van der Waals surface area (Å²) in [5, 5.41) is 2.76. The van der Waals surface area contributed by atoms with Crippen LogP contribution in [-0.2, 0) is 22.4 Å². The van der Waals surface area contributed by atoms with Gasteiger partial charge in [-0.05, 0) is 49.1 Å². The monoisotopic (exact) mass is 375 g/mol. The van der Waals surface area contributed by atoms with Crippen molar-refractivity contribution in [3.8, 4) is 5.75 Å². The van der Waals surface area contributed by atoms with Crippen molar-refractivity contribution in [3.05, 3.63) is 51.2 Å². The lowest BCUT2D eigenvalue weighted by Crippen LogP contribution is -2.30. The van der Waals surface area contributed by atoms with E-state index in [1.807, 2.05) is 37.3 Å². The average molecular weight is 375 g/mol. The van der Waals surface area contributed by atoms with Crippen LogP contribution in [0.1, 0.15) is 39.0 Å². The Hall–Kier alpha value is -2.34. The topological polar surface area (TPSA) is 64.6 Å². The molecule has 0 bridgehead atoms. The van der Waals surface area contributed by atoms with Crippen LogP contribution < -0.4 is 10.1 Å². The number of aryl methyl sites for hydroxylation is 2. The number of thiophene rings is 1. The molecule has 1 heterocycles. The molecule has 0 atom stereocenters. The summed E-state index contributed by atoms with van der Waals surface area (Å²) < 4.78 is 10.2. The van der Waals surface area contributed by atoms with Crippen molar-refractivity contribution in [1.29, 1.82) is 0 Å². The Balaban J connectivity index is 1.72. The van der Waals surface area contributed by atoms with Gasteiger partial charge in [-0.1, -0.05) is 25.5 Å². The van der Waals surface area contributed by atoms with Gasteiger partial charge >= 0.3 is 5.97 Å². The summed E-state index contributed by atoms with van der Waals surface area (Å²) in [6, 6.07) is 9.55. The van der Waals surface area contributed by atoms with E-state index in [1.165, 1.54) is 16.9 Å². The molecule has 1 aromatic heterocycles. The molecular weight excluding hydrogens is 350 g/mol. The summed E-state index contributed by atoms with van der Waals surface area (Å²) in [7, 11) is 1.62. The Morgan fingerprint density at radius 2 is 1.88 bits per heavy atom. The van der Waals surface area contributed by atoms with E-state index in [0.717, 1.165) is 29.0 Å². The van der Waals surface area contributed by atoms with Crippen molar-refractivity contribution in [2.75, 3.05) is 20.3 Å². The van der Waals surface area contributed by atoms with Gasteiger partial charge in [-0.2, -0.15) is 0 Å². The smallest absolute Gasteiger partial charge is 0.348 e. The van der Waals surface area contributed by atoms with E-state index in [9.17, 15) is 9.59 Å². The SMILES string of the molecule is CCCc1cc(C(=O)OCC(=O)NCCc2ccc(OC)cc2)sc1C. The van der Waals surface area contributed by atoms with Crippen LogP contribution in [0.5, 0.6) is 5.75 Å². The highest BCUT2D eigenvalue weighted by Crippen LogP contribution is 2.23. The molecule has 0 saturated carbocycles. The molecule has 0 fully saturated rings. The number of amides is 1. The van der Waals surface area contributed by atoms with Crippen molar-refractivity contribution in [1.82, 2.24) is 5.32 Å². The van der Waals surface area contributed by atoms with Crippen LogP contribution in [-0.4, -0.2) is 32.1 Å². The minimum absolute atomic E-state index is 0.262. The number of benzene rings is 1. The van der Waals surface area contributed by atoms with Crippen molar-refractivity contribution < 1.29 is 19.1 Å². The molecule has 6 heteroatoms. The molecule has 140 valence electrons. The quantitative estimate of drug-likeness (QED) is 0.681. The van der Waals surface area contributed by atoms with Gasteiger partial charge in [0.25, 0.3) is 5.91 Å². The molecule has 0 aliphatic carbocycles. The van der Waals surface area contributed by atoms with Crippen LogP contribution in [0, 0.1) is 6.92 Å². The van der Waals surface area contributed by atoms with Gasteiger partial charge in [-0.25, -0.2) is 4.79 Å². The van der Waals surface area contributed by atoms with Crippen LogP contribution in [0.25, 0.3) is 0 Å². The summed E-state index contributed by atoms with van der Waals surface area (Å²) in [6.07, 6.45) is 2.68. The molecule has 0 unspecified atom stereocenters. The van der Waals surface area contributed by atoms with Gasteiger partial charge in [0.15, 0.2) is 6.61 Å². The number of methoxy groups -OCH3 is 1. The molecule has 0 radical (unpaired) electrons. The van der Waals surface area contributed by atoms with Crippen molar-refractivity contribution >= 4 is 23.2 Å². The number of hydrogen-bond acceptors (Lipinski definition) is 5. The highest BCUT2D eigenvalue weighted by atomic mass is 32.1. The van der Waals surface area contributed by atoms with E-state index in [0.29, 0.717) is 17.8 Å². The number of hydrogen-bond donors (Lipinski definition) is 1. The molecule has 2 rings (SSSR count). The molecule has 0 saturated heterocycles. The van der Waals surface area contributed by atoms with Gasteiger partial charge < -0.3 is 14.8 Å². The number of rotatable bonds is 9. The Bertz CT molecular complexity index is 737. The Morgan fingerprint density at radius 1 is 1.15 bits per heavy atom. The van der Waals surface area contributed by atoms with Gasteiger partial charge in [-0.15, -0.1) is 11.3 Å². The number of carbonyl (C=O) groups is 2. The second-order valence-electron chi connectivity index (χ2n) is 5.97. The number of carbonyl (C=O) groups excluding carboxylic acids is 2. The first kappa shape index (κ1) is 20.0. The van der Waals surface area contributed by atoms with Gasteiger partial charge in [-0.3, -0.25) is 4.79 Å². The van der Waals surface area contributed by atoms with Gasteiger partial charge in [0, 0.05) is 11.4 Å². The molecule has 1 amide bonds. The molecular formula is C20H25NO4S. The average Bonchev–Trinajstić information content (AvgIpc) is 3.01. The van der Waals surface area contributed by atoms with E-state index in [4.69, 9.17) is 9.47 Å². The fourth-order valence-corrected chi connectivity index (χ4v) is 3.50. The predicted octanol–water partition coefficient (Wildman–Crippen LogP) is 3.53. The minimum atomic E-state index is -0.439. The maximum absolute atomic E-state index is 12.1. The zero-order valence-corrected chi connectivity index (χ0v) is 16.3. The Morgan fingerprint density at radius 3 is 2.54 bits per heavy atom. The van der Waals surface area contributed by atoms with Gasteiger partial charge in [0.05, 0.1) is 7.11 Å². The summed E-state index contributed by atoms with van der Waals surface area (Å²) >= 11 is 1.42. The molecule has 0 aliphatic heterocycles. The third kappa shape index (κ3) is 5.88. The van der Waals surface area contributed by atoms with Crippen LogP contribution >= 0.6 is 11.3 Å². The standard InChI is InChI=1S/C20H25NO4S/c1-4-5-16-12-18(26-14(16)2)20(23)25-13-19(22)21-11-10-15-6-8-17(24-3)9-7-15/h6-9,12H,4-5,10-11,13H2,1-3H3,(H,21,22). The van der Waals surface area contributed by atoms with Crippen molar-refractivity contribution in [2.24, 2.45) is 0 Å². The zero-order chi connectivity index (χ0) is 18.9. The lowest BCUT2D eigenvalue weighted by molar-refractivity contribution is -0.124. The lowest BCUT2D eigenvalue weighted by Gasteiger charge is -2.07. The fourth-order valence-electron chi connectivity index (χ4n) is 2.53. The first-order valence-corrected chi connectivity index (χ1v) is 9.51. The highest BCUT2D eigenvalue weighted by Gasteiger charge is 2.14. The summed E-state index contributed by atoms with van der Waals surface area (Å²) in [5.74, 6) is 0.0651. The zero-order valence-electron chi connectivity index (χ0n) is 15.5. The van der Waals surface area contributed by atoms with E-state index >= 15 is 0 Å². The number of ether oxygens (including phenoxy) is 2. The number of nitrogens with one attached hydrogen (secondary N) is 1. The normalized spacial score (nSPS) is 10.4. The predicted molar refractivity (Wildman–Crippen MR) is 103 cm³/mol. The first-order chi connectivity index (χ1) is 12.5. The molecule has 0 aliphatic rings. The summed E-state index contributed by atoms with van der Waals surface area (Å²) in [4.78, 5) is 25.6. The maximum atomic E-state index is 12.1. The van der Waals surface area contributed by atoms with Gasteiger partial charge in [0.1, 0.15) is 10.6 Å².